The molecule has 0 aliphatic rings. The second kappa shape index (κ2) is 7.86. The lowest BCUT2D eigenvalue weighted by molar-refractivity contribution is -0.120. The Morgan fingerprint density at radius 1 is 1.25 bits per heavy atom. The summed E-state index contributed by atoms with van der Waals surface area (Å²) in [6.45, 7) is 1.87. The second-order valence-electron chi connectivity index (χ2n) is 4.26. The Kier molecular flexibility index (Phi) is 6.47. The number of amides is 1. The standard InChI is InChI=1S/C13H20N2O4S/c1-3-8-20(17,18)15-10-13(16)14-9-11-4-6-12(19-2)7-5-11/h4-7,15H,3,8-10H2,1-2H3,(H,14,16). The summed E-state index contributed by atoms with van der Waals surface area (Å²) in [5, 5.41) is 2.64. The van der Waals surface area contributed by atoms with Gasteiger partial charge >= 0.3 is 0 Å². The molecule has 1 amide bonds. The first-order chi connectivity index (χ1) is 9.46. The summed E-state index contributed by atoms with van der Waals surface area (Å²) in [4.78, 5) is 11.5. The number of carbonyl (C=O) groups excluding carboxylic acids is 1. The molecule has 0 bridgehead atoms. The highest BCUT2D eigenvalue weighted by atomic mass is 32.2. The van der Waals surface area contributed by atoms with Crippen molar-refractivity contribution >= 4 is 15.9 Å². The minimum absolute atomic E-state index is 0.0265. The minimum atomic E-state index is -3.35. The number of methoxy groups -OCH3 is 1. The van der Waals surface area contributed by atoms with Crippen molar-refractivity contribution in [1.29, 1.82) is 0 Å². The highest BCUT2D eigenvalue weighted by molar-refractivity contribution is 7.89. The van der Waals surface area contributed by atoms with Crippen molar-refractivity contribution < 1.29 is 17.9 Å². The molecule has 0 aromatic heterocycles. The van der Waals surface area contributed by atoms with Crippen LogP contribution in [-0.4, -0.2) is 33.7 Å². The van der Waals surface area contributed by atoms with Gasteiger partial charge in [0.2, 0.25) is 15.9 Å². The van der Waals surface area contributed by atoms with Gasteiger partial charge in [-0.3, -0.25) is 4.79 Å². The van der Waals surface area contributed by atoms with Gasteiger partial charge in [-0.05, 0) is 24.1 Å². The fourth-order valence-corrected chi connectivity index (χ4v) is 2.56. The molecule has 1 rings (SSSR count). The van der Waals surface area contributed by atoms with Crippen molar-refractivity contribution in [3.8, 4) is 5.75 Å². The molecule has 2 N–H and O–H groups in total. The highest BCUT2D eigenvalue weighted by Crippen LogP contribution is 2.10. The molecule has 0 saturated heterocycles. The van der Waals surface area contributed by atoms with E-state index < -0.39 is 10.0 Å². The summed E-state index contributed by atoms with van der Waals surface area (Å²) in [6, 6.07) is 7.26. The maximum atomic E-state index is 11.5. The fraction of sp³-hybridized carbons (Fsp3) is 0.462. The molecular formula is C13H20N2O4S. The van der Waals surface area contributed by atoms with E-state index in [2.05, 4.69) is 10.0 Å². The zero-order chi connectivity index (χ0) is 15.0. The van der Waals surface area contributed by atoms with E-state index in [-0.39, 0.29) is 18.2 Å². The molecule has 0 fully saturated rings. The first-order valence-corrected chi connectivity index (χ1v) is 7.99. The van der Waals surface area contributed by atoms with Gasteiger partial charge in [0, 0.05) is 6.54 Å². The molecule has 0 heterocycles. The van der Waals surface area contributed by atoms with Gasteiger partial charge in [0.15, 0.2) is 0 Å². The Balaban J connectivity index is 2.36. The zero-order valence-corrected chi connectivity index (χ0v) is 12.5. The van der Waals surface area contributed by atoms with Gasteiger partial charge in [-0.15, -0.1) is 0 Å². The molecule has 7 heteroatoms. The predicted octanol–water partition coefficient (Wildman–Crippen LogP) is 0.641. The predicted molar refractivity (Wildman–Crippen MR) is 76.9 cm³/mol. The number of hydrogen-bond acceptors (Lipinski definition) is 4. The van der Waals surface area contributed by atoms with Crippen LogP contribution in [0.15, 0.2) is 24.3 Å². The van der Waals surface area contributed by atoms with E-state index in [1.54, 1.807) is 26.2 Å². The number of sulfonamides is 1. The first-order valence-electron chi connectivity index (χ1n) is 6.34. The van der Waals surface area contributed by atoms with E-state index in [9.17, 15) is 13.2 Å². The first kappa shape index (κ1) is 16.5. The molecule has 0 spiro atoms. The van der Waals surface area contributed by atoms with Crippen LogP contribution in [0.2, 0.25) is 0 Å². The van der Waals surface area contributed by atoms with E-state index in [4.69, 9.17) is 4.74 Å². The number of benzene rings is 1. The van der Waals surface area contributed by atoms with Crippen LogP contribution in [0.4, 0.5) is 0 Å². The van der Waals surface area contributed by atoms with Crippen LogP contribution < -0.4 is 14.8 Å². The second-order valence-corrected chi connectivity index (χ2v) is 6.19. The number of nitrogens with one attached hydrogen (secondary N) is 2. The van der Waals surface area contributed by atoms with Gasteiger partial charge < -0.3 is 10.1 Å². The van der Waals surface area contributed by atoms with Crippen LogP contribution in [0.25, 0.3) is 0 Å². The van der Waals surface area contributed by atoms with Gasteiger partial charge in [-0.2, -0.15) is 0 Å². The van der Waals surface area contributed by atoms with Crippen molar-refractivity contribution in [3.05, 3.63) is 29.8 Å². The molecule has 0 atom stereocenters. The normalized spacial score (nSPS) is 11.1. The molecule has 0 aliphatic carbocycles. The smallest absolute Gasteiger partial charge is 0.235 e. The summed E-state index contributed by atoms with van der Waals surface area (Å²) >= 11 is 0. The highest BCUT2D eigenvalue weighted by Gasteiger charge is 2.10. The molecule has 112 valence electrons. The third-order valence-electron chi connectivity index (χ3n) is 2.57. The van der Waals surface area contributed by atoms with Crippen LogP contribution >= 0.6 is 0 Å². The lowest BCUT2D eigenvalue weighted by atomic mass is 10.2. The van der Waals surface area contributed by atoms with E-state index in [0.29, 0.717) is 13.0 Å². The largest absolute Gasteiger partial charge is 0.497 e. The molecule has 0 radical (unpaired) electrons. The average Bonchev–Trinajstić information content (AvgIpc) is 2.43. The Morgan fingerprint density at radius 3 is 2.45 bits per heavy atom. The Labute approximate surface area is 119 Å². The monoisotopic (exact) mass is 300 g/mol. The van der Waals surface area contributed by atoms with E-state index in [0.717, 1.165) is 11.3 Å². The molecule has 0 saturated carbocycles. The van der Waals surface area contributed by atoms with Gasteiger partial charge in [0.1, 0.15) is 5.75 Å². The number of rotatable bonds is 8. The summed E-state index contributed by atoms with van der Waals surface area (Å²) in [7, 11) is -1.76. The topological polar surface area (TPSA) is 84.5 Å². The number of ether oxygens (including phenoxy) is 1. The zero-order valence-electron chi connectivity index (χ0n) is 11.7. The molecule has 1 aromatic carbocycles. The molecule has 0 unspecified atom stereocenters. The molecule has 0 aliphatic heterocycles. The number of carbonyl (C=O) groups is 1. The summed E-state index contributed by atoms with van der Waals surface area (Å²) < 4.78 is 30.0. The molecule has 1 aromatic rings. The maximum absolute atomic E-state index is 11.5. The third-order valence-corrected chi connectivity index (χ3v) is 4.10. The van der Waals surface area contributed by atoms with E-state index in [1.165, 1.54) is 0 Å². The van der Waals surface area contributed by atoms with Crippen molar-refractivity contribution in [3.63, 3.8) is 0 Å². The molecular weight excluding hydrogens is 280 g/mol. The van der Waals surface area contributed by atoms with Crippen molar-refractivity contribution in [2.24, 2.45) is 0 Å². The lowest BCUT2D eigenvalue weighted by Crippen LogP contribution is -2.37. The minimum Gasteiger partial charge on any atom is -0.497 e. The Bertz CT molecular complexity index is 526. The van der Waals surface area contributed by atoms with Crippen LogP contribution in [0, 0.1) is 0 Å². The van der Waals surface area contributed by atoms with Gasteiger partial charge in [0.05, 0.1) is 19.4 Å². The third kappa shape index (κ3) is 6.03. The quantitative estimate of drug-likeness (QED) is 0.738. The summed E-state index contributed by atoms with van der Waals surface area (Å²) in [5.74, 6) is 0.409. The van der Waals surface area contributed by atoms with Crippen molar-refractivity contribution in [2.75, 3.05) is 19.4 Å². The van der Waals surface area contributed by atoms with E-state index >= 15 is 0 Å². The van der Waals surface area contributed by atoms with E-state index in [1.807, 2.05) is 12.1 Å². The van der Waals surface area contributed by atoms with Crippen LogP contribution in [-0.2, 0) is 21.4 Å². The van der Waals surface area contributed by atoms with Crippen LogP contribution in [0.3, 0.4) is 0 Å². The molecule has 20 heavy (non-hydrogen) atoms. The van der Waals surface area contributed by atoms with Crippen molar-refractivity contribution in [2.45, 2.75) is 19.9 Å². The van der Waals surface area contributed by atoms with Crippen LogP contribution in [0.1, 0.15) is 18.9 Å². The Morgan fingerprint density at radius 2 is 1.90 bits per heavy atom. The van der Waals surface area contributed by atoms with Crippen molar-refractivity contribution in [1.82, 2.24) is 10.0 Å². The lowest BCUT2D eigenvalue weighted by Gasteiger charge is -2.07. The van der Waals surface area contributed by atoms with Gasteiger partial charge in [0.25, 0.3) is 0 Å². The average molecular weight is 300 g/mol. The Hall–Kier alpha value is -1.60. The van der Waals surface area contributed by atoms with Gasteiger partial charge in [-0.25, -0.2) is 13.1 Å². The van der Waals surface area contributed by atoms with Gasteiger partial charge in [-0.1, -0.05) is 19.1 Å². The molecule has 6 nitrogen and oxygen atoms in total. The van der Waals surface area contributed by atoms with Crippen LogP contribution in [0.5, 0.6) is 5.75 Å². The SMILES string of the molecule is CCCS(=O)(=O)NCC(=O)NCc1ccc(OC)cc1. The fourth-order valence-electron chi connectivity index (χ4n) is 1.52. The summed E-state index contributed by atoms with van der Waals surface area (Å²) in [5.41, 5.74) is 0.913. The summed E-state index contributed by atoms with van der Waals surface area (Å²) in [6.07, 6.45) is 0.517. The maximum Gasteiger partial charge on any atom is 0.235 e. The number of hydrogen-bond donors (Lipinski definition) is 2.